The SMILES string of the molecule is NS(=O)(=O)c1ccc(CNC=C2C(=O)NC(=O)c3ccc(-c4cccc(C=CC(=O)O)c4)cc32)cc1. The third kappa shape index (κ3) is 5.57. The number of nitrogens with two attached hydrogens (primary N) is 1. The number of nitrogens with one attached hydrogen (secondary N) is 2. The van der Waals surface area contributed by atoms with E-state index in [1.54, 1.807) is 48.5 Å². The van der Waals surface area contributed by atoms with Crippen LogP contribution in [-0.4, -0.2) is 31.3 Å². The van der Waals surface area contributed by atoms with Crippen LogP contribution in [0.25, 0.3) is 22.8 Å². The van der Waals surface area contributed by atoms with Gasteiger partial charge in [-0.3, -0.25) is 14.9 Å². The number of carbonyl (C=O) groups excluding carboxylic acids is 2. The van der Waals surface area contributed by atoms with Crippen LogP contribution in [0, 0.1) is 0 Å². The second-order valence-corrected chi connectivity index (χ2v) is 9.53. The molecular weight excluding hydrogens is 482 g/mol. The molecule has 0 fully saturated rings. The molecule has 0 aromatic heterocycles. The highest BCUT2D eigenvalue weighted by molar-refractivity contribution is 7.89. The molecule has 36 heavy (non-hydrogen) atoms. The maximum Gasteiger partial charge on any atom is 0.328 e. The van der Waals surface area contributed by atoms with E-state index in [1.165, 1.54) is 24.4 Å². The lowest BCUT2D eigenvalue weighted by atomic mass is 9.91. The van der Waals surface area contributed by atoms with Crippen LogP contribution in [0.3, 0.4) is 0 Å². The van der Waals surface area contributed by atoms with Crippen LogP contribution in [0.15, 0.2) is 83.9 Å². The first-order valence-electron chi connectivity index (χ1n) is 10.7. The van der Waals surface area contributed by atoms with Crippen molar-refractivity contribution in [2.75, 3.05) is 0 Å². The summed E-state index contributed by atoms with van der Waals surface area (Å²) in [5.74, 6) is -2.11. The van der Waals surface area contributed by atoms with E-state index in [2.05, 4.69) is 10.6 Å². The van der Waals surface area contributed by atoms with Gasteiger partial charge in [-0.1, -0.05) is 36.4 Å². The molecular formula is C26H21N3O6S. The van der Waals surface area contributed by atoms with Crippen LogP contribution in [-0.2, 0) is 26.2 Å². The molecule has 0 bridgehead atoms. The molecule has 0 spiro atoms. The Morgan fingerprint density at radius 3 is 2.36 bits per heavy atom. The van der Waals surface area contributed by atoms with Crippen LogP contribution in [0.2, 0.25) is 0 Å². The number of amides is 2. The number of imide groups is 1. The highest BCUT2D eigenvalue weighted by Gasteiger charge is 2.27. The van der Waals surface area contributed by atoms with E-state index >= 15 is 0 Å². The number of carboxylic acids is 1. The molecule has 1 aliphatic rings. The minimum absolute atomic E-state index is 0.00116. The number of aliphatic carboxylic acids is 1. The molecule has 1 aliphatic heterocycles. The van der Waals surface area contributed by atoms with Crippen molar-refractivity contribution in [3.63, 3.8) is 0 Å². The van der Waals surface area contributed by atoms with Gasteiger partial charge in [-0.2, -0.15) is 0 Å². The third-order valence-electron chi connectivity index (χ3n) is 5.47. The standard InChI is InChI=1S/C26H21N3O6S/c27-36(34,35)20-8-4-17(5-9-20)14-28-15-23-22-13-19(7-10-21(22)25(32)29-26(23)33)18-3-1-2-16(12-18)6-11-24(30)31/h1-13,15,28H,14H2,(H,30,31)(H2,27,34,35)(H,29,32,33). The minimum Gasteiger partial charge on any atom is -0.478 e. The zero-order chi connectivity index (χ0) is 25.9. The van der Waals surface area contributed by atoms with E-state index in [4.69, 9.17) is 10.2 Å². The molecule has 4 rings (SSSR count). The molecule has 0 radical (unpaired) electrons. The molecule has 2 amide bonds. The Bertz CT molecular complexity index is 1540. The maximum absolute atomic E-state index is 12.6. The maximum atomic E-state index is 12.6. The summed E-state index contributed by atoms with van der Waals surface area (Å²) >= 11 is 0. The van der Waals surface area contributed by atoms with Crippen molar-refractivity contribution >= 4 is 39.5 Å². The zero-order valence-corrected chi connectivity index (χ0v) is 19.6. The van der Waals surface area contributed by atoms with Crippen LogP contribution >= 0.6 is 0 Å². The Morgan fingerprint density at radius 2 is 1.67 bits per heavy atom. The number of rotatable bonds is 7. The average Bonchev–Trinajstić information content (AvgIpc) is 2.84. The molecule has 3 aromatic carbocycles. The van der Waals surface area contributed by atoms with Gasteiger partial charge in [-0.15, -0.1) is 0 Å². The smallest absolute Gasteiger partial charge is 0.328 e. The number of benzene rings is 3. The van der Waals surface area contributed by atoms with E-state index in [0.717, 1.165) is 22.8 Å². The predicted molar refractivity (Wildman–Crippen MR) is 134 cm³/mol. The fourth-order valence-corrected chi connectivity index (χ4v) is 4.22. The van der Waals surface area contributed by atoms with Gasteiger partial charge in [0.25, 0.3) is 11.8 Å². The summed E-state index contributed by atoms with van der Waals surface area (Å²) in [6, 6.07) is 18.3. The predicted octanol–water partition coefficient (Wildman–Crippen LogP) is 2.50. The first-order valence-corrected chi connectivity index (χ1v) is 12.2. The molecule has 0 atom stereocenters. The molecule has 10 heteroatoms. The molecule has 0 saturated carbocycles. The first-order chi connectivity index (χ1) is 17.1. The normalized spacial score (nSPS) is 14.5. The minimum atomic E-state index is -3.79. The number of primary sulfonamides is 1. The van der Waals surface area contributed by atoms with Crippen LogP contribution in [0.4, 0.5) is 0 Å². The largest absolute Gasteiger partial charge is 0.478 e. The summed E-state index contributed by atoms with van der Waals surface area (Å²) in [6.07, 6.45) is 4.03. The molecule has 0 unspecified atom stereocenters. The van der Waals surface area contributed by atoms with Crippen LogP contribution < -0.4 is 15.8 Å². The van der Waals surface area contributed by atoms with Gasteiger partial charge in [0.15, 0.2) is 0 Å². The van der Waals surface area contributed by atoms with Crippen molar-refractivity contribution in [2.45, 2.75) is 11.4 Å². The van der Waals surface area contributed by atoms with Gasteiger partial charge in [0.2, 0.25) is 10.0 Å². The summed E-state index contributed by atoms with van der Waals surface area (Å²) in [5, 5.41) is 19.3. The molecule has 9 nitrogen and oxygen atoms in total. The van der Waals surface area contributed by atoms with E-state index in [1.807, 2.05) is 6.07 Å². The molecule has 0 aliphatic carbocycles. The highest BCUT2D eigenvalue weighted by atomic mass is 32.2. The van der Waals surface area contributed by atoms with Gasteiger partial charge in [0.05, 0.1) is 10.5 Å². The highest BCUT2D eigenvalue weighted by Crippen LogP contribution is 2.30. The summed E-state index contributed by atoms with van der Waals surface area (Å²) in [7, 11) is -3.79. The quantitative estimate of drug-likeness (QED) is 0.285. The lowest BCUT2D eigenvalue weighted by Crippen LogP contribution is -2.37. The number of sulfonamides is 1. The summed E-state index contributed by atoms with van der Waals surface area (Å²) in [4.78, 5) is 35.8. The topological polar surface area (TPSA) is 156 Å². The van der Waals surface area contributed by atoms with Gasteiger partial charge in [0.1, 0.15) is 0 Å². The second-order valence-electron chi connectivity index (χ2n) is 7.97. The van der Waals surface area contributed by atoms with Crippen molar-refractivity contribution in [3.05, 3.63) is 101 Å². The van der Waals surface area contributed by atoms with Gasteiger partial charge in [0, 0.05) is 29.9 Å². The van der Waals surface area contributed by atoms with E-state index < -0.39 is 27.8 Å². The van der Waals surface area contributed by atoms with Gasteiger partial charge < -0.3 is 10.4 Å². The fourth-order valence-electron chi connectivity index (χ4n) is 3.71. The summed E-state index contributed by atoms with van der Waals surface area (Å²) < 4.78 is 22.8. The second kappa shape index (κ2) is 9.98. The van der Waals surface area contributed by atoms with Crippen molar-refractivity contribution in [3.8, 4) is 11.1 Å². The Labute approximate surface area is 207 Å². The number of carbonyl (C=O) groups is 3. The van der Waals surface area contributed by atoms with Gasteiger partial charge >= 0.3 is 5.97 Å². The van der Waals surface area contributed by atoms with E-state index in [-0.39, 0.29) is 10.5 Å². The van der Waals surface area contributed by atoms with Crippen molar-refractivity contribution in [1.82, 2.24) is 10.6 Å². The van der Waals surface area contributed by atoms with Gasteiger partial charge in [-0.25, -0.2) is 18.4 Å². The fraction of sp³-hybridized carbons (Fsp3) is 0.0385. The van der Waals surface area contributed by atoms with Crippen LogP contribution in [0.1, 0.15) is 27.0 Å². The zero-order valence-electron chi connectivity index (χ0n) is 18.8. The van der Waals surface area contributed by atoms with Crippen molar-refractivity contribution < 1.29 is 27.9 Å². The van der Waals surface area contributed by atoms with E-state index in [9.17, 15) is 22.8 Å². The van der Waals surface area contributed by atoms with Crippen molar-refractivity contribution in [2.24, 2.45) is 5.14 Å². The van der Waals surface area contributed by atoms with Gasteiger partial charge in [-0.05, 0) is 58.7 Å². The first kappa shape index (κ1) is 24.6. The molecule has 1 heterocycles. The number of fused-ring (bicyclic) bond motifs is 1. The summed E-state index contributed by atoms with van der Waals surface area (Å²) in [5.41, 5.74) is 4.02. The monoisotopic (exact) mass is 503 g/mol. The van der Waals surface area contributed by atoms with E-state index in [0.29, 0.717) is 23.2 Å². The van der Waals surface area contributed by atoms with Crippen LogP contribution in [0.5, 0.6) is 0 Å². The Hall–Kier alpha value is -4.54. The average molecular weight is 504 g/mol. The molecule has 0 saturated heterocycles. The molecule has 182 valence electrons. The summed E-state index contributed by atoms with van der Waals surface area (Å²) in [6.45, 7) is 0.294. The Kier molecular flexibility index (Phi) is 6.82. The number of hydrogen-bond acceptors (Lipinski definition) is 6. The molecule has 5 N–H and O–H groups in total. The molecule has 3 aromatic rings. The third-order valence-corrected chi connectivity index (χ3v) is 6.40. The lowest BCUT2D eigenvalue weighted by Gasteiger charge is -2.19. The number of hydrogen-bond donors (Lipinski definition) is 4. The lowest BCUT2D eigenvalue weighted by molar-refractivity contribution is -0.131. The Balaban J connectivity index is 1.62. The van der Waals surface area contributed by atoms with Crippen molar-refractivity contribution in [1.29, 1.82) is 0 Å². The number of carboxylic acid groups (broad SMARTS) is 1. The Morgan fingerprint density at radius 1 is 0.944 bits per heavy atom.